The summed E-state index contributed by atoms with van der Waals surface area (Å²) >= 11 is 6.20. The topological polar surface area (TPSA) is 147 Å². The van der Waals surface area contributed by atoms with Crippen molar-refractivity contribution in [2.75, 3.05) is 34.0 Å². The van der Waals surface area contributed by atoms with Gasteiger partial charge in [0.05, 0.1) is 32.3 Å². The Morgan fingerprint density at radius 2 is 1.67 bits per heavy atom. The van der Waals surface area contributed by atoms with Gasteiger partial charge in [-0.25, -0.2) is 23.6 Å². The summed E-state index contributed by atoms with van der Waals surface area (Å²) in [5, 5.41) is 2.57. The van der Waals surface area contributed by atoms with Crippen molar-refractivity contribution < 1.29 is 52.5 Å². The van der Waals surface area contributed by atoms with Crippen LogP contribution in [0.4, 0.5) is 0 Å². The van der Waals surface area contributed by atoms with E-state index in [9.17, 15) is 0 Å². The van der Waals surface area contributed by atoms with Crippen molar-refractivity contribution >= 4 is 22.6 Å². The Bertz CT molecular complexity index is 1110. The first-order valence-corrected chi connectivity index (χ1v) is 11.5. The second-order valence-corrected chi connectivity index (χ2v) is 7.78. The van der Waals surface area contributed by atoms with Crippen molar-refractivity contribution in [3.8, 4) is 22.8 Å². The molecule has 0 spiro atoms. The molecule has 0 unspecified atom stereocenters. The molecule has 1 heterocycles. The highest BCUT2D eigenvalue weighted by molar-refractivity contribution is 6.31. The van der Waals surface area contributed by atoms with Gasteiger partial charge >= 0.3 is 0 Å². The van der Waals surface area contributed by atoms with Crippen LogP contribution in [-0.4, -0.2) is 34.0 Å². The molecule has 0 aliphatic heterocycles. The highest BCUT2D eigenvalue weighted by atomic mass is 35.7. The van der Waals surface area contributed by atoms with Gasteiger partial charge < -0.3 is 18.6 Å². The molecule has 0 bridgehead atoms. The van der Waals surface area contributed by atoms with Gasteiger partial charge in [0.2, 0.25) is 5.36 Å². The van der Waals surface area contributed by atoms with Crippen molar-refractivity contribution in [3.05, 3.63) is 52.8 Å². The van der Waals surface area contributed by atoms with Gasteiger partial charge in [0.25, 0.3) is 0 Å². The van der Waals surface area contributed by atoms with E-state index in [-0.39, 0.29) is 0 Å². The lowest BCUT2D eigenvalue weighted by Crippen LogP contribution is -2.76. The fourth-order valence-electron chi connectivity index (χ4n) is 2.98. The molecule has 9 nitrogen and oxygen atoms in total. The number of rotatable bonds is 8. The zero-order valence-corrected chi connectivity index (χ0v) is 19.9. The number of benzene rings is 2. The Labute approximate surface area is 198 Å². The third-order valence-corrected chi connectivity index (χ3v) is 4.62. The maximum absolute atomic E-state index is 8.49. The van der Waals surface area contributed by atoms with Crippen LogP contribution >= 0.6 is 11.6 Å². The predicted octanol–water partition coefficient (Wildman–Crippen LogP) is -1.58. The molecule has 1 N–H and O–H groups in total. The molecule has 33 heavy (non-hydrogen) atoms. The number of nitrogens with one attached hydrogen (secondary N) is 1. The van der Waals surface area contributed by atoms with Crippen LogP contribution in [0, 0.1) is 10.2 Å². The van der Waals surface area contributed by atoms with E-state index in [0.717, 1.165) is 53.8 Å². The fraction of sp³-hybridized carbons (Fsp3) is 0.318. The standard InChI is InChI=1S/C22H24ClNO4.ClHO4/c1-4-27-11-5-10-24-18-14-21(28-19-9-7-16(23)13-17(18)19)15-6-8-20(25-2)22(12-15)26-3;2-1(3,4)5/h6-9,12-14H,4-5,10-11H2,1-3H3;(H,2,3,4,5). The number of hydrogen-bond donors (Lipinski definition) is 1. The maximum Gasteiger partial charge on any atom is 0.213 e. The van der Waals surface area contributed by atoms with Crippen LogP contribution in [0.3, 0.4) is 0 Å². The van der Waals surface area contributed by atoms with E-state index in [4.69, 9.17) is 48.9 Å². The van der Waals surface area contributed by atoms with Gasteiger partial charge in [-0.05, 0) is 43.3 Å². The van der Waals surface area contributed by atoms with Gasteiger partial charge in [-0.1, -0.05) is 11.6 Å². The van der Waals surface area contributed by atoms with E-state index < -0.39 is 10.2 Å². The van der Waals surface area contributed by atoms with Crippen molar-refractivity contribution in [2.45, 2.75) is 13.3 Å². The van der Waals surface area contributed by atoms with Crippen molar-refractivity contribution in [3.63, 3.8) is 0 Å². The summed E-state index contributed by atoms with van der Waals surface area (Å²) in [6.45, 7) is 4.24. The van der Waals surface area contributed by atoms with Crippen LogP contribution in [0.25, 0.3) is 22.3 Å². The van der Waals surface area contributed by atoms with Crippen LogP contribution in [0.2, 0.25) is 5.02 Å². The summed E-state index contributed by atoms with van der Waals surface area (Å²) in [6.07, 6.45) is 0.910. The van der Waals surface area contributed by atoms with Crippen molar-refractivity contribution in [2.24, 2.45) is 0 Å². The number of ether oxygens (including phenoxy) is 3. The lowest BCUT2D eigenvalue weighted by molar-refractivity contribution is -2.00. The van der Waals surface area contributed by atoms with E-state index in [1.807, 2.05) is 49.4 Å². The Hall–Kier alpha value is -2.37. The first-order chi connectivity index (χ1) is 15.7. The summed E-state index contributed by atoms with van der Waals surface area (Å²) in [4.78, 5) is 3.48. The molecule has 0 fully saturated rings. The molecule has 0 aliphatic carbocycles. The molecule has 1 aromatic heterocycles. The summed E-state index contributed by atoms with van der Waals surface area (Å²) in [5.41, 5.74) is 1.65. The van der Waals surface area contributed by atoms with Gasteiger partial charge in [-0.3, -0.25) is 0 Å². The van der Waals surface area contributed by atoms with Crippen molar-refractivity contribution in [1.29, 1.82) is 0 Å². The minimum absolute atomic E-state index is 0.651. The summed E-state index contributed by atoms with van der Waals surface area (Å²) in [6, 6.07) is 13.3. The largest absolute Gasteiger partial charge is 0.493 e. The molecule has 3 rings (SSSR count). The Morgan fingerprint density at radius 1 is 0.970 bits per heavy atom. The Balaban J connectivity index is 0.000000696. The maximum atomic E-state index is 8.49. The van der Waals surface area contributed by atoms with E-state index >= 15 is 0 Å². The van der Waals surface area contributed by atoms with Gasteiger partial charge in [0.1, 0.15) is 17.9 Å². The van der Waals surface area contributed by atoms with E-state index in [0.29, 0.717) is 16.5 Å². The molecular weight excluding hydrogens is 477 g/mol. The van der Waals surface area contributed by atoms with Crippen LogP contribution in [0.15, 0.2) is 46.9 Å². The zero-order valence-electron chi connectivity index (χ0n) is 18.4. The lowest BCUT2D eigenvalue weighted by atomic mass is 10.1. The fourth-order valence-corrected chi connectivity index (χ4v) is 3.15. The van der Waals surface area contributed by atoms with Gasteiger partial charge in [-0.2, -0.15) is 0 Å². The first kappa shape index (κ1) is 26.9. The molecule has 11 heteroatoms. The van der Waals surface area contributed by atoms with E-state index in [2.05, 4.69) is 4.99 Å². The molecule has 2 aromatic carbocycles. The molecule has 0 saturated carbocycles. The monoisotopic (exact) mass is 501 g/mol. The Kier molecular flexibility index (Phi) is 10.4. The number of halogens is 2. The first-order valence-electron chi connectivity index (χ1n) is 9.88. The number of methoxy groups -OCH3 is 2. The van der Waals surface area contributed by atoms with E-state index in [1.165, 1.54) is 0 Å². The quantitative estimate of drug-likeness (QED) is 0.363. The highest BCUT2D eigenvalue weighted by Gasteiger charge is 2.12. The minimum atomic E-state index is -4.94. The van der Waals surface area contributed by atoms with Gasteiger partial charge in [0, 0.05) is 23.6 Å². The average molecular weight is 502 g/mol. The van der Waals surface area contributed by atoms with Crippen LogP contribution in [-0.2, 0) is 4.74 Å². The molecule has 0 amide bonds. The molecular formula is C22H25Cl2NO8. The minimum Gasteiger partial charge on any atom is -0.493 e. The molecule has 0 radical (unpaired) electrons. The van der Waals surface area contributed by atoms with Crippen LogP contribution < -0.4 is 38.5 Å². The number of hydrogen-bond acceptors (Lipinski definition) is 8. The molecule has 0 aliphatic rings. The SMILES string of the molecule is CCOCCC[NH+]=c1cc(-c2ccc(OC)c(OC)c2)oc2ccc(Cl)cc12.[O-][Cl+3]([O-])([O-])[O-]. The molecule has 0 atom stereocenters. The smallest absolute Gasteiger partial charge is 0.213 e. The van der Waals surface area contributed by atoms with Gasteiger partial charge in [0.15, 0.2) is 11.5 Å². The van der Waals surface area contributed by atoms with E-state index in [1.54, 1.807) is 14.2 Å². The number of fused-ring (bicyclic) bond motifs is 1. The van der Waals surface area contributed by atoms with Crippen LogP contribution in [0.5, 0.6) is 11.5 Å². The average Bonchev–Trinajstić information content (AvgIpc) is 2.77. The normalized spacial score (nSPS) is 11.8. The summed E-state index contributed by atoms with van der Waals surface area (Å²) in [5.74, 6) is 2.05. The van der Waals surface area contributed by atoms with Gasteiger partial charge in [-0.15, -0.1) is 10.2 Å². The molecule has 0 saturated heterocycles. The second-order valence-electron chi connectivity index (χ2n) is 6.59. The second kappa shape index (κ2) is 12.8. The third kappa shape index (κ3) is 8.82. The third-order valence-electron chi connectivity index (χ3n) is 4.38. The summed E-state index contributed by atoms with van der Waals surface area (Å²) < 4.78 is 56.3. The lowest BCUT2D eigenvalue weighted by Gasteiger charge is -2.17. The van der Waals surface area contributed by atoms with Crippen molar-refractivity contribution in [1.82, 2.24) is 0 Å². The Morgan fingerprint density at radius 3 is 2.30 bits per heavy atom. The zero-order chi connectivity index (χ0) is 24.4. The predicted molar refractivity (Wildman–Crippen MR) is 110 cm³/mol. The molecule has 3 aromatic rings. The summed E-state index contributed by atoms with van der Waals surface area (Å²) in [7, 11) is -1.71. The van der Waals surface area contributed by atoms with Crippen LogP contribution in [0.1, 0.15) is 13.3 Å². The highest BCUT2D eigenvalue weighted by Crippen LogP contribution is 2.32. The molecule has 180 valence electrons.